The third-order valence-corrected chi connectivity index (χ3v) is 1.76. The molecule has 1 heterocycles. The number of carbonyl (C=O) groups is 1. The molecule has 0 bridgehead atoms. The van der Waals surface area contributed by atoms with E-state index in [2.05, 4.69) is 10.3 Å². The Morgan fingerprint density at radius 2 is 2.36 bits per heavy atom. The maximum absolute atomic E-state index is 11.4. The molecule has 0 aromatic carbocycles. The van der Waals surface area contributed by atoms with Crippen LogP contribution in [-0.4, -0.2) is 48.1 Å². The molecule has 0 aliphatic carbocycles. The summed E-state index contributed by atoms with van der Waals surface area (Å²) < 4.78 is 0. The van der Waals surface area contributed by atoms with E-state index in [0.29, 0.717) is 12.2 Å². The second kappa shape index (κ2) is 4.66. The summed E-state index contributed by atoms with van der Waals surface area (Å²) in [5.74, 6) is -0.130. The predicted octanol–water partition coefficient (Wildman–Crippen LogP) is 0.0117. The third kappa shape index (κ3) is 3.10. The van der Waals surface area contributed by atoms with Crippen LogP contribution >= 0.6 is 0 Å². The quantitative estimate of drug-likeness (QED) is 0.637. The van der Waals surface area contributed by atoms with Crippen LogP contribution in [0.4, 0.5) is 0 Å². The van der Waals surface area contributed by atoms with Crippen LogP contribution in [0.25, 0.3) is 0 Å². The van der Waals surface area contributed by atoms with Gasteiger partial charge in [-0.05, 0) is 14.1 Å². The number of carbonyl (C=O) groups excluding carboxylic acids is 1. The Hall–Kier alpha value is -1.49. The normalized spacial score (nSPS) is 10.5. The molecule has 1 rings (SSSR count). The molecule has 1 amide bonds. The first-order valence-electron chi connectivity index (χ1n) is 4.40. The summed E-state index contributed by atoms with van der Waals surface area (Å²) in [4.78, 5) is 16.0. The number of nitrogens with one attached hydrogen (secondary N) is 2. The van der Waals surface area contributed by atoms with Crippen molar-refractivity contribution in [1.29, 1.82) is 0 Å². The van der Waals surface area contributed by atoms with Gasteiger partial charge in [-0.25, -0.2) is 0 Å². The van der Waals surface area contributed by atoms with E-state index in [9.17, 15) is 4.79 Å². The number of aromatic nitrogens is 1. The zero-order valence-corrected chi connectivity index (χ0v) is 8.37. The number of nitrogens with zero attached hydrogens (tertiary/aromatic N) is 1. The van der Waals surface area contributed by atoms with Crippen LogP contribution < -0.4 is 5.32 Å². The highest BCUT2D eigenvalue weighted by Crippen LogP contribution is 2.08. The molecule has 78 valence electrons. The molecule has 5 nitrogen and oxygen atoms in total. The van der Waals surface area contributed by atoms with E-state index in [-0.39, 0.29) is 11.7 Å². The maximum atomic E-state index is 11.4. The monoisotopic (exact) mass is 197 g/mol. The first kappa shape index (κ1) is 10.6. The van der Waals surface area contributed by atoms with Crippen molar-refractivity contribution in [2.75, 3.05) is 27.2 Å². The molecule has 0 unspecified atom stereocenters. The highest BCUT2D eigenvalue weighted by atomic mass is 16.3. The van der Waals surface area contributed by atoms with Gasteiger partial charge in [-0.1, -0.05) is 0 Å². The number of hydrogen-bond acceptors (Lipinski definition) is 3. The molecular weight excluding hydrogens is 182 g/mol. The zero-order valence-electron chi connectivity index (χ0n) is 8.37. The zero-order chi connectivity index (χ0) is 10.6. The number of aromatic amines is 1. The van der Waals surface area contributed by atoms with Gasteiger partial charge in [0.15, 0.2) is 0 Å². The lowest BCUT2D eigenvalue weighted by molar-refractivity contribution is 0.0946. The summed E-state index contributed by atoms with van der Waals surface area (Å²) >= 11 is 0. The molecule has 14 heavy (non-hydrogen) atoms. The lowest BCUT2D eigenvalue weighted by Gasteiger charge is -2.09. The van der Waals surface area contributed by atoms with E-state index in [1.54, 1.807) is 0 Å². The molecule has 0 fully saturated rings. The van der Waals surface area contributed by atoms with Crippen LogP contribution in [0.15, 0.2) is 12.3 Å². The van der Waals surface area contributed by atoms with Gasteiger partial charge in [-0.2, -0.15) is 0 Å². The SMILES string of the molecule is CN(C)CCNC(=O)c1cc(O)c[nH]1. The Morgan fingerprint density at radius 1 is 1.64 bits per heavy atom. The van der Waals surface area contributed by atoms with E-state index >= 15 is 0 Å². The van der Waals surface area contributed by atoms with Crippen molar-refractivity contribution in [2.24, 2.45) is 0 Å². The Morgan fingerprint density at radius 3 is 2.86 bits per heavy atom. The van der Waals surface area contributed by atoms with Gasteiger partial charge in [-0.15, -0.1) is 0 Å². The van der Waals surface area contributed by atoms with E-state index in [4.69, 9.17) is 5.11 Å². The van der Waals surface area contributed by atoms with Gasteiger partial charge < -0.3 is 20.3 Å². The average Bonchev–Trinajstić information content (AvgIpc) is 2.51. The third-order valence-electron chi connectivity index (χ3n) is 1.76. The highest BCUT2D eigenvalue weighted by molar-refractivity contribution is 5.92. The summed E-state index contributed by atoms with van der Waals surface area (Å²) in [7, 11) is 3.87. The fourth-order valence-corrected chi connectivity index (χ4v) is 1.00. The molecule has 0 saturated carbocycles. The first-order chi connectivity index (χ1) is 6.59. The fraction of sp³-hybridized carbons (Fsp3) is 0.444. The van der Waals surface area contributed by atoms with Crippen LogP contribution in [0.5, 0.6) is 5.75 Å². The van der Waals surface area contributed by atoms with Crippen molar-refractivity contribution < 1.29 is 9.90 Å². The maximum Gasteiger partial charge on any atom is 0.267 e. The van der Waals surface area contributed by atoms with E-state index < -0.39 is 0 Å². The van der Waals surface area contributed by atoms with Gasteiger partial charge in [-0.3, -0.25) is 4.79 Å². The van der Waals surface area contributed by atoms with E-state index in [1.807, 2.05) is 19.0 Å². The van der Waals surface area contributed by atoms with Crippen molar-refractivity contribution in [3.8, 4) is 5.75 Å². The van der Waals surface area contributed by atoms with Crippen molar-refractivity contribution in [3.63, 3.8) is 0 Å². The molecule has 0 aliphatic rings. The van der Waals surface area contributed by atoms with Crippen molar-refractivity contribution in [3.05, 3.63) is 18.0 Å². The molecular formula is C9H15N3O2. The molecule has 0 aliphatic heterocycles. The first-order valence-corrected chi connectivity index (χ1v) is 4.40. The van der Waals surface area contributed by atoms with Crippen LogP contribution in [0.1, 0.15) is 10.5 Å². The van der Waals surface area contributed by atoms with Crippen molar-refractivity contribution in [1.82, 2.24) is 15.2 Å². The highest BCUT2D eigenvalue weighted by Gasteiger charge is 2.06. The van der Waals surface area contributed by atoms with Gasteiger partial charge in [0.25, 0.3) is 5.91 Å². The number of aromatic hydroxyl groups is 1. The summed E-state index contributed by atoms with van der Waals surface area (Å²) in [5.41, 5.74) is 0.376. The van der Waals surface area contributed by atoms with Crippen LogP contribution in [0, 0.1) is 0 Å². The summed E-state index contributed by atoms with van der Waals surface area (Å²) in [5, 5.41) is 11.7. The molecule has 1 aromatic heterocycles. The fourth-order valence-electron chi connectivity index (χ4n) is 1.00. The van der Waals surface area contributed by atoms with Crippen molar-refractivity contribution in [2.45, 2.75) is 0 Å². The Bertz CT molecular complexity index is 307. The topological polar surface area (TPSA) is 68.4 Å². The smallest absolute Gasteiger partial charge is 0.267 e. The van der Waals surface area contributed by atoms with Gasteiger partial charge in [0.1, 0.15) is 11.4 Å². The Labute approximate surface area is 82.7 Å². The van der Waals surface area contributed by atoms with Gasteiger partial charge in [0, 0.05) is 25.4 Å². The lowest BCUT2D eigenvalue weighted by Crippen LogP contribution is -2.31. The molecule has 5 heteroatoms. The molecule has 0 spiro atoms. The minimum atomic E-state index is -0.202. The summed E-state index contributed by atoms with van der Waals surface area (Å²) in [6.45, 7) is 1.38. The minimum Gasteiger partial charge on any atom is -0.506 e. The van der Waals surface area contributed by atoms with Crippen LogP contribution in [0.2, 0.25) is 0 Å². The second-order valence-electron chi connectivity index (χ2n) is 3.33. The second-order valence-corrected chi connectivity index (χ2v) is 3.33. The van der Waals surface area contributed by atoms with E-state index in [1.165, 1.54) is 12.3 Å². The lowest BCUT2D eigenvalue weighted by atomic mass is 10.4. The summed E-state index contributed by atoms with van der Waals surface area (Å²) in [6, 6.07) is 1.39. The Balaban J connectivity index is 2.36. The number of H-pyrrole nitrogens is 1. The average molecular weight is 197 g/mol. The largest absolute Gasteiger partial charge is 0.506 e. The van der Waals surface area contributed by atoms with Crippen LogP contribution in [0.3, 0.4) is 0 Å². The molecule has 1 aromatic rings. The predicted molar refractivity (Wildman–Crippen MR) is 53.3 cm³/mol. The Kier molecular flexibility index (Phi) is 3.53. The van der Waals surface area contributed by atoms with Gasteiger partial charge in [0.05, 0.1) is 0 Å². The summed E-state index contributed by atoms with van der Waals surface area (Å²) in [6.07, 6.45) is 1.38. The molecule has 0 radical (unpaired) electrons. The minimum absolute atomic E-state index is 0.0720. The molecule has 0 saturated heterocycles. The van der Waals surface area contributed by atoms with Crippen LogP contribution in [-0.2, 0) is 0 Å². The van der Waals surface area contributed by atoms with Crippen molar-refractivity contribution >= 4 is 5.91 Å². The molecule has 3 N–H and O–H groups in total. The van der Waals surface area contributed by atoms with Gasteiger partial charge in [0.2, 0.25) is 0 Å². The number of hydrogen-bond donors (Lipinski definition) is 3. The number of likely N-dealkylation sites (N-methyl/N-ethyl adjacent to an activating group) is 1. The standard InChI is InChI=1S/C9H15N3O2/c1-12(2)4-3-10-9(14)8-5-7(13)6-11-8/h5-6,11,13H,3-4H2,1-2H3,(H,10,14). The molecule has 0 atom stereocenters. The van der Waals surface area contributed by atoms with Gasteiger partial charge >= 0.3 is 0 Å². The van der Waals surface area contributed by atoms with E-state index in [0.717, 1.165) is 6.54 Å². The number of amides is 1. The number of rotatable bonds is 4.